The fourth-order valence-corrected chi connectivity index (χ4v) is 2.85. The predicted molar refractivity (Wildman–Crippen MR) is 84.2 cm³/mol. The molecule has 1 fully saturated rings. The van der Waals surface area contributed by atoms with Gasteiger partial charge in [-0.05, 0) is 44.0 Å². The molecule has 1 aliphatic rings. The highest BCUT2D eigenvalue weighted by Crippen LogP contribution is 2.16. The lowest BCUT2D eigenvalue weighted by atomic mass is 10.1. The quantitative estimate of drug-likeness (QED) is 0.882. The van der Waals surface area contributed by atoms with Gasteiger partial charge in [-0.15, -0.1) is 0 Å². The number of nitrogens with one attached hydrogen (secondary N) is 1. The maximum Gasteiger partial charge on any atom is 0.126 e. The lowest BCUT2D eigenvalue weighted by Gasteiger charge is -2.16. The molecule has 0 saturated carbocycles. The lowest BCUT2D eigenvalue weighted by molar-refractivity contribution is 0.305. The van der Waals surface area contributed by atoms with Gasteiger partial charge < -0.3 is 10.2 Å². The van der Waals surface area contributed by atoms with Gasteiger partial charge in [0.25, 0.3) is 0 Å². The van der Waals surface area contributed by atoms with Crippen LogP contribution in [0.25, 0.3) is 0 Å². The Bertz CT molecular complexity index is 552. The van der Waals surface area contributed by atoms with Crippen molar-refractivity contribution in [1.29, 1.82) is 0 Å². The van der Waals surface area contributed by atoms with E-state index in [1.807, 2.05) is 42.2 Å². The summed E-state index contributed by atoms with van der Waals surface area (Å²) in [6.45, 7) is 7.45. The van der Waals surface area contributed by atoms with Gasteiger partial charge >= 0.3 is 0 Å². The number of hydrogen-bond acceptors (Lipinski definition) is 4. The van der Waals surface area contributed by atoms with Crippen LogP contribution < -0.4 is 5.32 Å². The minimum Gasteiger partial charge on any atom is -0.370 e. The standard InChI is InChI=1S/C16H23N5/c1-14-4-2-5-16(19-14)17-12-15-6-9-20(13-15)10-11-21-8-3-7-18-21/h2-5,7-8,15H,6,9-13H2,1H3,(H,17,19)/t15-/m1/s1. The summed E-state index contributed by atoms with van der Waals surface area (Å²) < 4.78 is 2.00. The van der Waals surface area contributed by atoms with E-state index in [9.17, 15) is 0 Å². The highest BCUT2D eigenvalue weighted by atomic mass is 15.3. The largest absolute Gasteiger partial charge is 0.370 e. The van der Waals surface area contributed by atoms with Crippen LogP contribution in [0.5, 0.6) is 0 Å². The summed E-state index contributed by atoms with van der Waals surface area (Å²) in [6, 6.07) is 8.09. The maximum absolute atomic E-state index is 4.49. The van der Waals surface area contributed by atoms with Gasteiger partial charge in [0.05, 0.1) is 6.54 Å². The highest BCUT2D eigenvalue weighted by molar-refractivity contribution is 5.35. The van der Waals surface area contributed by atoms with Crippen molar-refractivity contribution in [1.82, 2.24) is 19.7 Å². The van der Waals surface area contributed by atoms with Gasteiger partial charge in [0.1, 0.15) is 5.82 Å². The van der Waals surface area contributed by atoms with Crippen LogP contribution in [0.15, 0.2) is 36.7 Å². The highest BCUT2D eigenvalue weighted by Gasteiger charge is 2.21. The van der Waals surface area contributed by atoms with E-state index in [-0.39, 0.29) is 0 Å². The molecule has 1 aliphatic heterocycles. The zero-order valence-electron chi connectivity index (χ0n) is 12.6. The number of aryl methyl sites for hydroxylation is 1. The summed E-state index contributed by atoms with van der Waals surface area (Å²) in [5.74, 6) is 1.70. The van der Waals surface area contributed by atoms with E-state index in [4.69, 9.17) is 0 Å². The number of nitrogens with zero attached hydrogens (tertiary/aromatic N) is 4. The first kappa shape index (κ1) is 14.1. The topological polar surface area (TPSA) is 46.0 Å². The molecular weight excluding hydrogens is 262 g/mol. The summed E-state index contributed by atoms with van der Waals surface area (Å²) in [6.07, 6.45) is 5.13. The third kappa shape index (κ3) is 4.04. The van der Waals surface area contributed by atoms with Crippen molar-refractivity contribution < 1.29 is 0 Å². The van der Waals surface area contributed by atoms with Crippen LogP contribution in [0.3, 0.4) is 0 Å². The van der Waals surface area contributed by atoms with Crippen molar-refractivity contribution in [3.63, 3.8) is 0 Å². The number of rotatable bonds is 6. The van der Waals surface area contributed by atoms with Crippen LogP contribution in [0.2, 0.25) is 0 Å². The Morgan fingerprint density at radius 3 is 3.05 bits per heavy atom. The van der Waals surface area contributed by atoms with E-state index in [2.05, 4.69) is 26.4 Å². The molecule has 0 unspecified atom stereocenters. The van der Waals surface area contributed by atoms with E-state index >= 15 is 0 Å². The van der Waals surface area contributed by atoms with Crippen molar-refractivity contribution in [2.45, 2.75) is 19.9 Å². The van der Waals surface area contributed by atoms with Crippen molar-refractivity contribution in [2.75, 3.05) is 31.5 Å². The van der Waals surface area contributed by atoms with E-state index < -0.39 is 0 Å². The average molecular weight is 285 g/mol. The zero-order chi connectivity index (χ0) is 14.5. The Kier molecular flexibility index (Phi) is 4.50. The molecule has 1 saturated heterocycles. The van der Waals surface area contributed by atoms with Crippen LogP contribution in [-0.4, -0.2) is 45.8 Å². The molecule has 2 aromatic rings. The molecule has 0 spiro atoms. The Labute approximate surface area is 126 Å². The molecule has 0 amide bonds. The predicted octanol–water partition coefficient (Wildman–Crippen LogP) is 2.02. The molecule has 5 nitrogen and oxygen atoms in total. The monoisotopic (exact) mass is 285 g/mol. The molecule has 2 aromatic heterocycles. The van der Waals surface area contributed by atoms with Gasteiger partial charge in [-0.25, -0.2) is 4.98 Å². The summed E-state index contributed by atoms with van der Waals surface area (Å²) >= 11 is 0. The maximum atomic E-state index is 4.49. The molecule has 21 heavy (non-hydrogen) atoms. The van der Waals surface area contributed by atoms with Crippen molar-refractivity contribution in [3.8, 4) is 0 Å². The zero-order valence-corrected chi connectivity index (χ0v) is 12.6. The molecule has 0 radical (unpaired) electrons. The first-order valence-electron chi connectivity index (χ1n) is 7.67. The van der Waals surface area contributed by atoms with Gasteiger partial charge in [-0.2, -0.15) is 5.10 Å². The Hall–Kier alpha value is -1.88. The van der Waals surface area contributed by atoms with Crippen LogP contribution in [0.4, 0.5) is 5.82 Å². The number of pyridine rings is 1. The summed E-state index contributed by atoms with van der Waals surface area (Å²) in [4.78, 5) is 7.01. The summed E-state index contributed by atoms with van der Waals surface area (Å²) in [5, 5.41) is 7.71. The Morgan fingerprint density at radius 1 is 1.29 bits per heavy atom. The van der Waals surface area contributed by atoms with Gasteiger partial charge in [0.15, 0.2) is 0 Å². The summed E-state index contributed by atoms with van der Waals surface area (Å²) in [5.41, 5.74) is 1.06. The van der Waals surface area contributed by atoms with Crippen LogP contribution >= 0.6 is 0 Å². The molecule has 0 bridgehead atoms. The third-order valence-electron chi connectivity index (χ3n) is 4.03. The molecule has 0 aliphatic carbocycles. The van der Waals surface area contributed by atoms with Crippen molar-refractivity contribution >= 4 is 5.82 Å². The minimum atomic E-state index is 0.713. The van der Waals surface area contributed by atoms with E-state index in [0.717, 1.165) is 31.1 Å². The molecule has 1 atom stereocenters. The number of aromatic nitrogens is 3. The average Bonchev–Trinajstić information content (AvgIpc) is 3.15. The molecule has 1 N–H and O–H groups in total. The summed E-state index contributed by atoms with van der Waals surface area (Å²) in [7, 11) is 0. The lowest BCUT2D eigenvalue weighted by Crippen LogP contribution is -2.26. The fraction of sp³-hybridized carbons (Fsp3) is 0.500. The second-order valence-corrected chi connectivity index (χ2v) is 5.77. The minimum absolute atomic E-state index is 0.713. The molecule has 3 rings (SSSR count). The SMILES string of the molecule is Cc1cccc(NC[C@H]2CCN(CCn3cccn3)C2)n1. The van der Waals surface area contributed by atoms with Gasteiger partial charge in [-0.1, -0.05) is 6.07 Å². The second-order valence-electron chi connectivity index (χ2n) is 5.77. The van der Waals surface area contributed by atoms with E-state index in [1.54, 1.807) is 0 Å². The van der Waals surface area contributed by atoms with Crippen LogP contribution in [0, 0.1) is 12.8 Å². The Balaban J connectivity index is 1.40. The fourth-order valence-electron chi connectivity index (χ4n) is 2.85. The molecule has 0 aromatic carbocycles. The van der Waals surface area contributed by atoms with Crippen LogP contribution in [-0.2, 0) is 6.54 Å². The number of hydrogen-bond donors (Lipinski definition) is 1. The number of likely N-dealkylation sites (tertiary alicyclic amines) is 1. The van der Waals surface area contributed by atoms with Crippen LogP contribution in [0.1, 0.15) is 12.1 Å². The molecule has 112 valence electrons. The molecule has 5 heteroatoms. The van der Waals surface area contributed by atoms with Crippen molar-refractivity contribution in [2.24, 2.45) is 5.92 Å². The van der Waals surface area contributed by atoms with E-state index in [1.165, 1.54) is 19.5 Å². The molecule has 3 heterocycles. The smallest absolute Gasteiger partial charge is 0.126 e. The normalized spacial score (nSPS) is 19.0. The molecular formula is C16H23N5. The van der Waals surface area contributed by atoms with E-state index in [0.29, 0.717) is 5.92 Å². The van der Waals surface area contributed by atoms with Crippen molar-refractivity contribution in [3.05, 3.63) is 42.4 Å². The van der Waals surface area contributed by atoms with Gasteiger partial charge in [0, 0.05) is 37.7 Å². The Morgan fingerprint density at radius 2 is 2.24 bits per heavy atom. The van der Waals surface area contributed by atoms with Gasteiger partial charge in [-0.3, -0.25) is 4.68 Å². The number of anilines is 1. The first-order chi connectivity index (χ1) is 10.3. The first-order valence-corrected chi connectivity index (χ1v) is 7.67. The second kappa shape index (κ2) is 6.72. The van der Waals surface area contributed by atoms with Gasteiger partial charge in [0.2, 0.25) is 0 Å². The third-order valence-corrected chi connectivity index (χ3v) is 4.03.